The van der Waals surface area contributed by atoms with Gasteiger partial charge in [0.05, 0.1) is 0 Å². The van der Waals surface area contributed by atoms with Crippen LogP contribution in [-0.4, -0.2) is 41.8 Å². The molecule has 0 aromatic carbocycles. The van der Waals surface area contributed by atoms with Crippen molar-refractivity contribution in [1.29, 1.82) is 0 Å². The quantitative estimate of drug-likeness (QED) is 0.775. The van der Waals surface area contributed by atoms with Gasteiger partial charge < -0.3 is 15.3 Å². The zero-order valence-corrected chi connectivity index (χ0v) is 9.91. The van der Waals surface area contributed by atoms with Gasteiger partial charge in [0.25, 0.3) is 0 Å². The summed E-state index contributed by atoms with van der Waals surface area (Å²) in [5.74, 6) is 1.15. The van der Waals surface area contributed by atoms with Crippen LogP contribution in [0.1, 0.15) is 6.42 Å². The summed E-state index contributed by atoms with van der Waals surface area (Å²) in [4.78, 5) is 10.3. The Morgan fingerprint density at radius 1 is 1.62 bits per heavy atom. The van der Waals surface area contributed by atoms with Crippen LogP contribution < -0.4 is 10.2 Å². The summed E-state index contributed by atoms with van der Waals surface area (Å²) >= 11 is 5.99. The van der Waals surface area contributed by atoms with Gasteiger partial charge in [0, 0.05) is 32.7 Å². The lowest BCUT2D eigenvalue weighted by Gasteiger charge is -2.20. The molecule has 88 valence electrons. The van der Waals surface area contributed by atoms with Crippen molar-refractivity contribution in [3.63, 3.8) is 0 Å². The van der Waals surface area contributed by atoms with E-state index in [2.05, 4.69) is 20.2 Å². The zero-order valence-electron chi connectivity index (χ0n) is 9.15. The topological polar surface area (TPSA) is 61.3 Å². The fraction of sp³-hybridized carbons (Fsp3) is 0.600. The molecule has 1 atom stereocenters. The van der Waals surface area contributed by atoms with Gasteiger partial charge in [-0.3, -0.25) is 0 Å². The summed E-state index contributed by atoms with van der Waals surface area (Å²) in [6.45, 7) is 1.94. The third kappa shape index (κ3) is 2.05. The molecule has 16 heavy (non-hydrogen) atoms. The van der Waals surface area contributed by atoms with Gasteiger partial charge >= 0.3 is 0 Å². The standard InChI is InChI=1S/C10H15ClN4O/c1-12-8-9(11)13-6-14-10(8)15-3-2-7(4-15)5-16/h6-7,12,16H,2-5H2,1H3. The van der Waals surface area contributed by atoms with E-state index in [1.165, 1.54) is 6.33 Å². The highest BCUT2D eigenvalue weighted by Gasteiger charge is 2.25. The molecule has 5 nitrogen and oxygen atoms in total. The highest BCUT2D eigenvalue weighted by atomic mass is 35.5. The van der Waals surface area contributed by atoms with Gasteiger partial charge in [-0.25, -0.2) is 9.97 Å². The van der Waals surface area contributed by atoms with Crippen LogP contribution in [0.25, 0.3) is 0 Å². The van der Waals surface area contributed by atoms with Crippen LogP contribution in [0.5, 0.6) is 0 Å². The maximum atomic E-state index is 9.11. The average molecular weight is 243 g/mol. The van der Waals surface area contributed by atoms with Gasteiger partial charge in [0.2, 0.25) is 0 Å². The molecule has 0 aliphatic carbocycles. The van der Waals surface area contributed by atoms with Crippen LogP contribution in [0.2, 0.25) is 5.15 Å². The Bertz CT molecular complexity index is 374. The molecule has 0 radical (unpaired) electrons. The van der Waals surface area contributed by atoms with Gasteiger partial charge in [0.15, 0.2) is 11.0 Å². The van der Waals surface area contributed by atoms with Crippen LogP contribution in [0.3, 0.4) is 0 Å². The Labute approximate surface area is 99.5 Å². The van der Waals surface area contributed by atoms with E-state index in [0.717, 1.165) is 31.0 Å². The summed E-state index contributed by atoms with van der Waals surface area (Å²) < 4.78 is 0. The molecular weight excluding hydrogens is 228 g/mol. The molecular formula is C10H15ClN4O. The maximum Gasteiger partial charge on any atom is 0.157 e. The molecule has 1 saturated heterocycles. The van der Waals surface area contributed by atoms with E-state index in [1.54, 1.807) is 7.05 Å². The van der Waals surface area contributed by atoms with E-state index in [1.807, 2.05) is 0 Å². The Kier molecular flexibility index (Phi) is 3.46. The monoisotopic (exact) mass is 242 g/mol. The number of hydrogen-bond acceptors (Lipinski definition) is 5. The molecule has 6 heteroatoms. The first-order valence-corrected chi connectivity index (χ1v) is 5.68. The average Bonchev–Trinajstić information content (AvgIpc) is 2.77. The fourth-order valence-electron chi connectivity index (χ4n) is 1.98. The van der Waals surface area contributed by atoms with E-state index in [4.69, 9.17) is 16.7 Å². The van der Waals surface area contributed by atoms with Crippen molar-refractivity contribution in [2.75, 3.05) is 37.0 Å². The van der Waals surface area contributed by atoms with Crippen LogP contribution >= 0.6 is 11.6 Å². The van der Waals surface area contributed by atoms with E-state index >= 15 is 0 Å². The Morgan fingerprint density at radius 3 is 3.06 bits per heavy atom. The van der Waals surface area contributed by atoms with E-state index in [0.29, 0.717) is 11.1 Å². The second-order valence-corrected chi connectivity index (χ2v) is 4.25. The van der Waals surface area contributed by atoms with Crippen molar-refractivity contribution in [2.45, 2.75) is 6.42 Å². The summed E-state index contributed by atoms with van der Waals surface area (Å²) in [5.41, 5.74) is 0.753. The lowest BCUT2D eigenvalue weighted by Crippen LogP contribution is -2.23. The minimum atomic E-state index is 0.226. The van der Waals surface area contributed by atoms with Crippen LogP contribution in [0, 0.1) is 5.92 Å². The fourth-order valence-corrected chi connectivity index (χ4v) is 2.21. The van der Waals surface area contributed by atoms with Crippen molar-refractivity contribution < 1.29 is 5.11 Å². The second kappa shape index (κ2) is 4.84. The second-order valence-electron chi connectivity index (χ2n) is 3.90. The first-order valence-electron chi connectivity index (χ1n) is 5.30. The van der Waals surface area contributed by atoms with E-state index < -0.39 is 0 Å². The molecule has 1 aliphatic heterocycles. The van der Waals surface area contributed by atoms with Gasteiger partial charge in [-0.1, -0.05) is 11.6 Å². The molecule has 2 rings (SSSR count). The number of aliphatic hydroxyl groups is 1. The van der Waals surface area contributed by atoms with Crippen molar-refractivity contribution in [3.8, 4) is 0 Å². The molecule has 1 aromatic heterocycles. The van der Waals surface area contributed by atoms with Crippen LogP contribution in [0.4, 0.5) is 11.5 Å². The van der Waals surface area contributed by atoms with Gasteiger partial charge in [-0.2, -0.15) is 0 Å². The lowest BCUT2D eigenvalue weighted by atomic mass is 10.1. The number of halogens is 1. The molecule has 0 bridgehead atoms. The van der Waals surface area contributed by atoms with Crippen molar-refractivity contribution in [1.82, 2.24) is 9.97 Å². The summed E-state index contributed by atoms with van der Waals surface area (Å²) in [5, 5.41) is 12.6. The van der Waals surface area contributed by atoms with Crippen LogP contribution in [0.15, 0.2) is 6.33 Å². The molecule has 1 aromatic rings. The number of anilines is 2. The lowest BCUT2D eigenvalue weighted by molar-refractivity contribution is 0.238. The molecule has 0 saturated carbocycles. The molecule has 1 unspecified atom stereocenters. The number of aromatic nitrogens is 2. The molecule has 1 fully saturated rings. The number of aliphatic hydroxyl groups excluding tert-OH is 1. The van der Waals surface area contributed by atoms with E-state index in [9.17, 15) is 0 Å². The first-order chi connectivity index (χ1) is 7.76. The smallest absolute Gasteiger partial charge is 0.157 e. The zero-order chi connectivity index (χ0) is 11.5. The highest BCUT2D eigenvalue weighted by Crippen LogP contribution is 2.31. The predicted molar refractivity (Wildman–Crippen MR) is 64.0 cm³/mol. The number of hydrogen-bond donors (Lipinski definition) is 2. The Hall–Kier alpha value is -1.07. The third-order valence-corrected chi connectivity index (χ3v) is 3.16. The number of nitrogens with one attached hydrogen (secondary N) is 1. The van der Waals surface area contributed by atoms with Crippen molar-refractivity contribution >= 4 is 23.1 Å². The number of rotatable bonds is 3. The molecule has 0 spiro atoms. The van der Waals surface area contributed by atoms with Gasteiger partial charge in [0.1, 0.15) is 12.0 Å². The normalized spacial score (nSPS) is 20.2. The summed E-state index contributed by atoms with van der Waals surface area (Å²) in [6, 6.07) is 0. The third-order valence-electron chi connectivity index (χ3n) is 2.87. The molecule has 2 N–H and O–H groups in total. The predicted octanol–water partition coefficient (Wildman–Crippen LogP) is 0.990. The molecule has 2 heterocycles. The van der Waals surface area contributed by atoms with Crippen molar-refractivity contribution in [3.05, 3.63) is 11.5 Å². The SMILES string of the molecule is CNc1c(Cl)ncnc1N1CCC(CO)C1. The first kappa shape index (κ1) is 11.4. The molecule has 1 aliphatic rings. The van der Waals surface area contributed by atoms with Gasteiger partial charge in [-0.05, 0) is 6.42 Å². The minimum Gasteiger partial charge on any atom is -0.396 e. The van der Waals surface area contributed by atoms with Crippen molar-refractivity contribution in [2.24, 2.45) is 5.92 Å². The largest absolute Gasteiger partial charge is 0.396 e. The van der Waals surface area contributed by atoms with Gasteiger partial charge in [-0.15, -0.1) is 0 Å². The summed E-state index contributed by atoms with van der Waals surface area (Å²) in [6.07, 6.45) is 2.45. The Morgan fingerprint density at radius 2 is 2.44 bits per heavy atom. The highest BCUT2D eigenvalue weighted by molar-refractivity contribution is 6.32. The Balaban J connectivity index is 2.24. The minimum absolute atomic E-state index is 0.226. The summed E-state index contributed by atoms with van der Waals surface area (Å²) in [7, 11) is 1.80. The van der Waals surface area contributed by atoms with Crippen LogP contribution in [-0.2, 0) is 0 Å². The molecule has 0 amide bonds. The maximum absolute atomic E-state index is 9.11. The van der Waals surface area contributed by atoms with E-state index in [-0.39, 0.29) is 6.61 Å². The number of nitrogens with zero attached hydrogens (tertiary/aromatic N) is 3.